The molecule has 4 rings (SSSR count). The fraction of sp³-hybridized carbons (Fsp3) is 0.143. The van der Waals surface area contributed by atoms with E-state index in [0.717, 1.165) is 29.9 Å². The highest BCUT2D eigenvalue weighted by Gasteiger charge is 2.03. The second kappa shape index (κ2) is 7.18. The van der Waals surface area contributed by atoms with Gasteiger partial charge < -0.3 is 9.30 Å². The minimum absolute atomic E-state index is 0.583. The van der Waals surface area contributed by atoms with Gasteiger partial charge in [-0.1, -0.05) is 42.5 Å². The second-order valence-corrected chi connectivity index (χ2v) is 5.94. The van der Waals surface area contributed by atoms with Crippen molar-refractivity contribution in [2.75, 3.05) is 6.61 Å². The molecular weight excluding hydrogens is 310 g/mol. The van der Waals surface area contributed by atoms with Crippen LogP contribution in [0.25, 0.3) is 11.2 Å². The summed E-state index contributed by atoms with van der Waals surface area (Å²) in [7, 11) is 0. The first-order chi connectivity index (χ1) is 12.4. The molecule has 0 N–H and O–H groups in total. The van der Waals surface area contributed by atoms with Gasteiger partial charge in [-0.2, -0.15) is 0 Å². The topological polar surface area (TPSA) is 39.9 Å². The van der Waals surface area contributed by atoms with Crippen LogP contribution in [0.2, 0.25) is 0 Å². The molecule has 0 bridgehead atoms. The number of ether oxygens (including phenoxy) is 1. The van der Waals surface area contributed by atoms with Gasteiger partial charge in [0.1, 0.15) is 17.9 Å². The van der Waals surface area contributed by atoms with Gasteiger partial charge >= 0.3 is 0 Å². The normalized spacial score (nSPS) is 10.9. The Kier molecular flexibility index (Phi) is 4.42. The summed E-state index contributed by atoms with van der Waals surface area (Å²) >= 11 is 0. The number of fused-ring (bicyclic) bond motifs is 1. The maximum absolute atomic E-state index is 5.86. The monoisotopic (exact) mass is 329 g/mol. The van der Waals surface area contributed by atoms with E-state index < -0.39 is 0 Å². The van der Waals surface area contributed by atoms with Crippen LogP contribution in [-0.4, -0.2) is 21.1 Å². The number of aromatic nitrogens is 3. The van der Waals surface area contributed by atoms with Crippen LogP contribution < -0.4 is 4.74 Å². The summed E-state index contributed by atoms with van der Waals surface area (Å²) in [6, 6.07) is 22.6. The summed E-state index contributed by atoms with van der Waals surface area (Å²) in [5.74, 6) is 0.884. The molecule has 0 aliphatic carbocycles. The second-order valence-electron chi connectivity index (χ2n) is 5.94. The summed E-state index contributed by atoms with van der Waals surface area (Å²) in [5, 5.41) is 0. The van der Waals surface area contributed by atoms with Crippen LogP contribution in [-0.2, 0) is 13.0 Å². The molecule has 2 aromatic heterocycles. The highest BCUT2D eigenvalue weighted by Crippen LogP contribution is 2.16. The van der Waals surface area contributed by atoms with Crippen molar-refractivity contribution in [3.63, 3.8) is 0 Å². The molecule has 0 atom stereocenters. The Balaban J connectivity index is 1.34. The molecule has 0 aliphatic heterocycles. The van der Waals surface area contributed by atoms with Crippen molar-refractivity contribution in [2.45, 2.75) is 13.0 Å². The lowest BCUT2D eigenvalue weighted by molar-refractivity contribution is 0.300. The van der Waals surface area contributed by atoms with Crippen molar-refractivity contribution in [1.29, 1.82) is 0 Å². The Hall–Kier alpha value is -3.14. The zero-order chi connectivity index (χ0) is 16.9. The van der Waals surface area contributed by atoms with E-state index in [2.05, 4.69) is 46.4 Å². The molecule has 0 spiro atoms. The minimum atomic E-state index is 0.583. The summed E-state index contributed by atoms with van der Waals surface area (Å²) in [5.41, 5.74) is 4.40. The van der Waals surface area contributed by atoms with Crippen molar-refractivity contribution in [2.24, 2.45) is 0 Å². The van der Waals surface area contributed by atoms with Gasteiger partial charge in [0.05, 0.1) is 12.9 Å². The lowest BCUT2D eigenvalue weighted by atomic mass is 10.1. The van der Waals surface area contributed by atoms with Crippen LogP contribution >= 0.6 is 0 Å². The van der Waals surface area contributed by atoms with Crippen LogP contribution in [0.4, 0.5) is 0 Å². The van der Waals surface area contributed by atoms with Crippen molar-refractivity contribution in [1.82, 2.24) is 14.5 Å². The van der Waals surface area contributed by atoms with Crippen LogP contribution in [0.15, 0.2) is 79.3 Å². The van der Waals surface area contributed by atoms with E-state index >= 15 is 0 Å². The maximum Gasteiger partial charge on any atom is 0.159 e. The molecule has 0 fully saturated rings. The van der Waals surface area contributed by atoms with E-state index in [-0.39, 0.29) is 0 Å². The fourth-order valence-corrected chi connectivity index (χ4v) is 2.86. The van der Waals surface area contributed by atoms with Gasteiger partial charge in [-0.05, 0) is 41.8 Å². The number of nitrogens with zero attached hydrogens (tertiary/aromatic N) is 3. The fourth-order valence-electron chi connectivity index (χ4n) is 2.86. The Morgan fingerprint density at radius 1 is 0.800 bits per heavy atom. The molecule has 4 heteroatoms. The van der Waals surface area contributed by atoms with Gasteiger partial charge in [0, 0.05) is 6.20 Å². The van der Waals surface area contributed by atoms with E-state index in [1.165, 1.54) is 11.1 Å². The van der Waals surface area contributed by atoms with E-state index in [0.29, 0.717) is 6.61 Å². The molecule has 0 unspecified atom stereocenters. The van der Waals surface area contributed by atoms with Crippen molar-refractivity contribution >= 4 is 11.2 Å². The SMILES string of the molecule is c1ccc(Cc2ccc(OCCn3cnc4cccnc43)cc2)cc1. The number of hydrogen-bond donors (Lipinski definition) is 0. The Morgan fingerprint density at radius 2 is 1.60 bits per heavy atom. The highest BCUT2D eigenvalue weighted by molar-refractivity contribution is 5.69. The standard InChI is InChI=1S/C21H19N3O/c1-2-5-17(6-3-1)15-18-8-10-19(11-9-18)25-14-13-24-16-23-20-7-4-12-22-21(20)24/h1-12,16H,13-15H2. The van der Waals surface area contributed by atoms with E-state index in [1.54, 1.807) is 6.20 Å². The van der Waals surface area contributed by atoms with Gasteiger partial charge in [-0.15, -0.1) is 0 Å². The quantitative estimate of drug-likeness (QED) is 0.535. The zero-order valence-electron chi connectivity index (χ0n) is 13.9. The predicted octanol–water partition coefficient (Wildman–Crippen LogP) is 4.10. The Bertz CT molecular complexity index is 946. The summed E-state index contributed by atoms with van der Waals surface area (Å²) in [4.78, 5) is 8.70. The summed E-state index contributed by atoms with van der Waals surface area (Å²) in [6.07, 6.45) is 4.53. The lowest BCUT2D eigenvalue weighted by Crippen LogP contribution is -2.07. The third kappa shape index (κ3) is 3.69. The van der Waals surface area contributed by atoms with E-state index in [4.69, 9.17) is 4.74 Å². The molecule has 2 aromatic carbocycles. The van der Waals surface area contributed by atoms with Gasteiger partial charge in [0.15, 0.2) is 5.65 Å². The molecule has 4 aromatic rings. The van der Waals surface area contributed by atoms with Crippen molar-refractivity contribution in [3.05, 3.63) is 90.4 Å². The number of benzene rings is 2. The third-order valence-electron chi connectivity index (χ3n) is 4.15. The first-order valence-corrected chi connectivity index (χ1v) is 8.40. The van der Waals surface area contributed by atoms with Gasteiger partial charge in [-0.25, -0.2) is 9.97 Å². The zero-order valence-corrected chi connectivity index (χ0v) is 13.9. The van der Waals surface area contributed by atoms with Crippen molar-refractivity contribution < 1.29 is 4.74 Å². The van der Waals surface area contributed by atoms with Crippen LogP contribution in [0.5, 0.6) is 5.75 Å². The summed E-state index contributed by atoms with van der Waals surface area (Å²) in [6.45, 7) is 1.30. The Morgan fingerprint density at radius 3 is 2.44 bits per heavy atom. The number of hydrogen-bond acceptors (Lipinski definition) is 3. The molecule has 0 aliphatic rings. The van der Waals surface area contributed by atoms with Crippen LogP contribution in [0, 0.1) is 0 Å². The average Bonchev–Trinajstić information content (AvgIpc) is 3.07. The van der Waals surface area contributed by atoms with Gasteiger partial charge in [0.2, 0.25) is 0 Å². The smallest absolute Gasteiger partial charge is 0.159 e. The molecule has 2 heterocycles. The number of pyridine rings is 1. The van der Waals surface area contributed by atoms with Crippen molar-refractivity contribution in [3.8, 4) is 5.75 Å². The number of rotatable bonds is 6. The van der Waals surface area contributed by atoms with Gasteiger partial charge in [0.25, 0.3) is 0 Å². The first-order valence-electron chi connectivity index (χ1n) is 8.40. The largest absolute Gasteiger partial charge is 0.492 e. The summed E-state index contributed by atoms with van der Waals surface area (Å²) < 4.78 is 7.87. The lowest BCUT2D eigenvalue weighted by Gasteiger charge is -2.08. The molecule has 25 heavy (non-hydrogen) atoms. The minimum Gasteiger partial charge on any atom is -0.492 e. The van der Waals surface area contributed by atoms with E-state index in [9.17, 15) is 0 Å². The molecule has 0 amide bonds. The molecular formula is C21H19N3O. The first kappa shape index (κ1) is 15.4. The Labute approximate surface area is 146 Å². The molecule has 0 saturated heterocycles. The molecule has 0 radical (unpaired) electrons. The van der Waals surface area contributed by atoms with Gasteiger partial charge in [-0.3, -0.25) is 0 Å². The number of imidazole rings is 1. The molecule has 4 nitrogen and oxygen atoms in total. The van der Waals surface area contributed by atoms with E-state index in [1.807, 2.05) is 41.2 Å². The average molecular weight is 329 g/mol. The third-order valence-corrected chi connectivity index (χ3v) is 4.15. The van der Waals surface area contributed by atoms with Crippen LogP contribution in [0.3, 0.4) is 0 Å². The molecule has 124 valence electrons. The maximum atomic E-state index is 5.86. The molecule has 0 saturated carbocycles. The highest BCUT2D eigenvalue weighted by atomic mass is 16.5. The predicted molar refractivity (Wildman–Crippen MR) is 98.7 cm³/mol. The van der Waals surface area contributed by atoms with Crippen LogP contribution in [0.1, 0.15) is 11.1 Å².